The van der Waals surface area contributed by atoms with Crippen LogP contribution >= 0.6 is 0 Å². The first kappa shape index (κ1) is 15.5. The molecule has 0 atom stereocenters. The molecule has 0 radical (unpaired) electrons. The number of rotatable bonds is 4. The second kappa shape index (κ2) is 6.12. The summed E-state index contributed by atoms with van der Waals surface area (Å²) in [4.78, 5) is 25.4. The molecule has 0 fully saturated rings. The number of H-pyrrole nitrogens is 1. The lowest BCUT2D eigenvalue weighted by Gasteiger charge is -2.27. The van der Waals surface area contributed by atoms with E-state index in [2.05, 4.69) is 10.2 Å². The summed E-state index contributed by atoms with van der Waals surface area (Å²) >= 11 is 0. The van der Waals surface area contributed by atoms with Crippen molar-refractivity contribution < 1.29 is 24.2 Å². The van der Waals surface area contributed by atoms with Gasteiger partial charge in [0.2, 0.25) is 12.7 Å². The Morgan fingerprint density at radius 1 is 1.28 bits per heavy atom. The van der Waals surface area contributed by atoms with Crippen LogP contribution in [0.25, 0.3) is 0 Å². The third-order valence-electron chi connectivity index (χ3n) is 4.55. The number of nitrogens with zero attached hydrogens (tertiary/aromatic N) is 2. The fourth-order valence-corrected chi connectivity index (χ4v) is 3.19. The number of amides is 1. The van der Waals surface area contributed by atoms with Gasteiger partial charge in [0.05, 0.1) is 0 Å². The number of carboxylic acids is 1. The number of hydrogen-bond donors (Lipinski definition) is 2. The van der Waals surface area contributed by atoms with E-state index < -0.39 is 5.97 Å². The summed E-state index contributed by atoms with van der Waals surface area (Å²) < 4.78 is 10.6. The van der Waals surface area contributed by atoms with E-state index in [0.717, 1.165) is 17.0 Å². The predicted molar refractivity (Wildman–Crippen MR) is 85.6 cm³/mol. The van der Waals surface area contributed by atoms with Gasteiger partial charge in [0.25, 0.3) is 0 Å². The van der Waals surface area contributed by atoms with Gasteiger partial charge in [-0.3, -0.25) is 9.89 Å². The van der Waals surface area contributed by atoms with Crippen LogP contribution in [-0.4, -0.2) is 45.4 Å². The highest BCUT2D eigenvalue weighted by molar-refractivity contribution is 5.87. The minimum absolute atomic E-state index is 0.000792. The molecule has 0 spiro atoms. The van der Waals surface area contributed by atoms with Crippen molar-refractivity contribution in [1.82, 2.24) is 15.1 Å². The molecule has 2 aliphatic heterocycles. The number of aromatic amines is 1. The van der Waals surface area contributed by atoms with E-state index in [4.69, 9.17) is 9.47 Å². The number of nitrogens with one attached hydrogen (secondary N) is 1. The molecular formula is C17H17N3O5. The predicted octanol–water partition coefficient (Wildman–Crippen LogP) is 1.35. The Kier molecular flexibility index (Phi) is 3.79. The van der Waals surface area contributed by atoms with Gasteiger partial charge in [-0.15, -0.1) is 0 Å². The molecule has 8 nitrogen and oxygen atoms in total. The number of aromatic carboxylic acids is 1. The van der Waals surface area contributed by atoms with Crippen molar-refractivity contribution >= 4 is 11.9 Å². The maximum Gasteiger partial charge on any atom is 0.356 e. The second-order valence-electron chi connectivity index (χ2n) is 6.09. The van der Waals surface area contributed by atoms with Crippen LogP contribution in [0.3, 0.4) is 0 Å². The van der Waals surface area contributed by atoms with Crippen LogP contribution in [0.4, 0.5) is 0 Å². The van der Waals surface area contributed by atoms with E-state index in [1.807, 2.05) is 18.2 Å². The smallest absolute Gasteiger partial charge is 0.356 e. The van der Waals surface area contributed by atoms with Crippen molar-refractivity contribution in [3.63, 3.8) is 0 Å². The first-order chi connectivity index (χ1) is 12.1. The van der Waals surface area contributed by atoms with Gasteiger partial charge in [0.15, 0.2) is 17.2 Å². The fraction of sp³-hybridized carbons (Fsp3) is 0.353. The molecule has 0 bridgehead atoms. The standard InChI is InChI=1S/C17H17N3O5/c21-15(4-2-10-1-3-13-14(7-10)25-9-24-13)20-6-5-12-11(8-20)16(17(22)23)19-18-12/h1,3,7H,2,4-6,8-9H2,(H,18,19)(H,22,23). The van der Waals surface area contributed by atoms with E-state index in [1.165, 1.54) is 0 Å². The Labute approximate surface area is 143 Å². The summed E-state index contributed by atoms with van der Waals surface area (Å²) in [6.07, 6.45) is 1.54. The molecule has 0 saturated carbocycles. The van der Waals surface area contributed by atoms with Crippen molar-refractivity contribution in [2.45, 2.75) is 25.8 Å². The van der Waals surface area contributed by atoms with Crippen molar-refractivity contribution in [1.29, 1.82) is 0 Å². The number of fused-ring (bicyclic) bond motifs is 2. The van der Waals surface area contributed by atoms with Crippen molar-refractivity contribution in [2.24, 2.45) is 0 Å². The molecule has 2 aliphatic rings. The van der Waals surface area contributed by atoms with Crippen LogP contribution in [0.5, 0.6) is 11.5 Å². The molecule has 3 heterocycles. The topological polar surface area (TPSA) is 105 Å². The van der Waals surface area contributed by atoms with E-state index in [1.54, 1.807) is 4.90 Å². The average molecular weight is 343 g/mol. The van der Waals surface area contributed by atoms with E-state index in [9.17, 15) is 14.7 Å². The number of ether oxygens (including phenoxy) is 2. The average Bonchev–Trinajstić information content (AvgIpc) is 3.24. The van der Waals surface area contributed by atoms with Gasteiger partial charge in [-0.2, -0.15) is 5.10 Å². The Morgan fingerprint density at radius 2 is 2.12 bits per heavy atom. The molecular weight excluding hydrogens is 326 g/mol. The van der Waals surface area contributed by atoms with Crippen LogP contribution in [0.15, 0.2) is 18.2 Å². The molecule has 130 valence electrons. The number of carbonyl (C=O) groups excluding carboxylic acids is 1. The molecule has 8 heteroatoms. The minimum atomic E-state index is -1.08. The minimum Gasteiger partial charge on any atom is -0.476 e. The molecule has 2 aromatic rings. The lowest BCUT2D eigenvalue weighted by atomic mass is 10.0. The maximum atomic E-state index is 12.5. The third-order valence-corrected chi connectivity index (χ3v) is 4.55. The summed E-state index contributed by atoms with van der Waals surface area (Å²) in [6, 6.07) is 5.66. The molecule has 1 amide bonds. The van der Waals surface area contributed by atoms with Gasteiger partial charge >= 0.3 is 5.97 Å². The first-order valence-electron chi connectivity index (χ1n) is 8.07. The zero-order chi connectivity index (χ0) is 17.4. The third kappa shape index (κ3) is 2.90. The van der Waals surface area contributed by atoms with Crippen LogP contribution < -0.4 is 9.47 Å². The number of carboxylic acid groups (broad SMARTS) is 1. The highest BCUT2D eigenvalue weighted by Crippen LogP contribution is 2.32. The summed E-state index contributed by atoms with van der Waals surface area (Å²) in [5.41, 5.74) is 2.42. The van der Waals surface area contributed by atoms with Crippen LogP contribution in [0.2, 0.25) is 0 Å². The van der Waals surface area contributed by atoms with Gasteiger partial charge < -0.3 is 19.5 Å². The van der Waals surface area contributed by atoms with E-state index >= 15 is 0 Å². The zero-order valence-electron chi connectivity index (χ0n) is 13.4. The number of hydrogen-bond acceptors (Lipinski definition) is 5. The molecule has 1 aromatic heterocycles. The summed E-state index contributed by atoms with van der Waals surface area (Å²) in [5.74, 6) is 0.352. The fourth-order valence-electron chi connectivity index (χ4n) is 3.19. The maximum absolute atomic E-state index is 12.5. The van der Waals surface area contributed by atoms with Crippen LogP contribution in [0, 0.1) is 0 Å². The highest BCUT2D eigenvalue weighted by Gasteiger charge is 2.27. The Balaban J connectivity index is 1.40. The van der Waals surface area contributed by atoms with Crippen LogP contribution in [-0.2, 0) is 24.2 Å². The van der Waals surface area contributed by atoms with E-state index in [0.29, 0.717) is 37.1 Å². The number of aromatic nitrogens is 2. The van der Waals surface area contributed by atoms with Crippen molar-refractivity contribution in [3.05, 3.63) is 40.7 Å². The number of benzene rings is 1. The Bertz CT molecular complexity index is 845. The van der Waals surface area contributed by atoms with Gasteiger partial charge in [0, 0.05) is 37.2 Å². The summed E-state index contributed by atoms with van der Waals surface area (Å²) in [7, 11) is 0. The SMILES string of the molecule is O=C(O)c1n[nH]c2c1CN(C(=O)CCc1ccc3c(c1)OCO3)CC2. The first-order valence-corrected chi connectivity index (χ1v) is 8.07. The summed E-state index contributed by atoms with van der Waals surface area (Å²) in [5, 5.41) is 15.8. The zero-order valence-corrected chi connectivity index (χ0v) is 13.4. The second-order valence-corrected chi connectivity index (χ2v) is 6.09. The van der Waals surface area contributed by atoms with Gasteiger partial charge in [0.1, 0.15) is 0 Å². The van der Waals surface area contributed by atoms with Crippen molar-refractivity contribution in [3.8, 4) is 11.5 Å². The van der Waals surface area contributed by atoms with Crippen LogP contribution in [0.1, 0.15) is 33.7 Å². The number of aryl methyl sites for hydroxylation is 1. The molecule has 1 aromatic carbocycles. The molecule has 2 N–H and O–H groups in total. The molecule has 25 heavy (non-hydrogen) atoms. The highest BCUT2D eigenvalue weighted by atomic mass is 16.7. The lowest BCUT2D eigenvalue weighted by molar-refractivity contribution is -0.132. The monoisotopic (exact) mass is 343 g/mol. The molecule has 0 unspecified atom stereocenters. The largest absolute Gasteiger partial charge is 0.476 e. The van der Waals surface area contributed by atoms with Gasteiger partial charge in [-0.05, 0) is 24.1 Å². The quantitative estimate of drug-likeness (QED) is 0.868. The van der Waals surface area contributed by atoms with Gasteiger partial charge in [-0.25, -0.2) is 4.79 Å². The molecule has 0 saturated heterocycles. The van der Waals surface area contributed by atoms with Crippen molar-refractivity contribution in [2.75, 3.05) is 13.3 Å². The Morgan fingerprint density at radius 3 is 2.96 bits per heavy atom. The number of carbonyl (C=O) groups is 2. The molecule has 0 aliphatic carbocycles. The van der Waals surface area contributed by atoms with E-state index in [-0.39, 0.29) is 24.9 Å². The van der Waals surface area contributed by atoms with Gasteiger partial charge in [-0.1, -0.05) is 6.07 Å². The normalized spacial score (nSPS) is 15.1. The Hall–Kier alpha value is -3.03. The lowest BCUT2D eigenvalue weighted by Crippen LogP contribution is -2.36. The summed E-state index contributed by atoms with van der Waals surface area (Å²) in [6.45, 7) is 1.08. The molecule has 4 rings (SSSR count).